The lowest BCUT2D eigenvalue weighted by Gasteiger charge is -2.28. The molecular weight excluding hydrogens is 388 g/mol. The maximum Gasteiger partial charge on any atom is 0.160 e. The molecule has 0 bridgehead atoms. The number of allylic oxidation sites excluding steroid dienone is 1. The van der Waals surface area contributed by atoms with Crippen LogP contribution in [-0.2, 0) is 6.42 Å². The van der Waals surface area contributed by atoms with Crippen LogP contribution in [0.25, 0.3) is 0 Å². The van der Waals surface area contributed by atoms with Gasteiger partial charge in [-0.2, -0.15) is 0 Å². The number of benzene rings is 2. The summed E-state index contributed by atoms with van der Waals surface area (Å²) in [6.45, 7) is 3.78. The van der Waals surface area contributed by atoms with Gasteiger partial charge < -0.3 is 0 Å². The highest BCUT2D eigenvalue weighted by atomic mass is 19.2. The minimum atomic E-state index is -1.05. The minimum Gasteiger partial charge on any atom is -0.206 e. The molecule has 3 rings (SSSR count). The maximum absolute atomic E-state index is 14.4. The second-order valence-electron chi connectivity index (χ2n) is 8.10. The van der Waals surface area contributed by atoms with Gasteiger partial charge in [0.05, 0.1) is 5.56 Å². The Kier molecular flexibility index (Phi) is 7.74. The lowest BCUT2D eigenvalue weighted by Crippen LogP contribution is -2.15. The van der Waals surface area contributed by atoms with Crippen molar-refractivity contribution < 1.29 is 17.6 Å². The van der Waals surface area contributed by atoms with Gasteiger partial charge in [0.25, 0.3) is 0 Å². The Bertz CT molecular complexity index is 920. The van der Waals surface area contributed by atoms with Crippen LogP contribution in [0, 0.1) is 46.9 Å². The van der Waals surface area contributed by atoms with Crippen LogP contribution in [-0.4, -0.2) is 0 Å². The van der Waals surface area contributed by atoms with E-state index in [-0.39, 0.29) is 11.1 Å². The van der Waals surface area contributed by atoms with E-state index >= 15 is 0 Å². The van der Waals surface area contributed by atoms with Gasteiger partial charge in [-0.05, 0) is 73.4 Å². The third-order valence-electron chi connectivity index (χ3n) is 5.94. The summed E-state index contributed by atoms with van der Waals surface area (Å²) in [7, 11) is 0. The molecule has 0 nitrogen and oxygen atoms in total. The quantitative estimate of drug-likeness (QED) is 0.263. The fraction of sp³-hybridized carbons (Fsp3) is 0.385. The number of aryl methyl sites for hydroxylation is 1. The average molecular weight is 414 g/mol. The van der Waals surface area contributed by atoms with Crippen LogP contribution in [0.1, 0.15) is 61.6 Å². The zero-order chi connectivity index (χ0) is 21.5. The van der Waals surface area contributed by atoms with Crippen molar-refractivity contribution >= 4 is 0 Å². The summed E-state index contributed by atoms with van der Waals surface area (Å²) < 4.78 is 55.0. The normalized spacial score (nSPS) is 18.5. The Morgan fingerprint density at radius 1 is 0.800 bits per heavy atom. The molecule has 0 atom stereocenters. The van der Waals surface area contributed by atoms with Gasteiger partial charge in [0.15, 0.2) is 11.6 Å². The summed E-state index contributed by atoms with van der Waals surface area (Å²) >= 11 is 0. The van der Waals surface area contributed by atoms with Gasteiger partial charge >= 0.3 is 0 Å². The molecule has 2 aromatic rings. The van der Waals surface area contributed by atoms with E-state index in [1.54, 1.807) is 0 Å². The fourth-order valence-corrected chi connectivity index (χ4v) is 4.13. The maximum atomic E-state index is 14.4. The largest absolute Gasteiger partial charge is 0.206 e. The third kappa shape index (κ3) is 5.98. The molecule has 158 valence electrons. The van der Waals surface area contributed by atoms with Crippen molar-refractivity contribution in [2.45, 2.75) is 51.4 Å². The van der Waals surface area contributed by atoms with Crippen molar-refractivity contribution in [3.63, 3.8) is 0 Å². The van der Waals surface area contributed by atoms with Crippen molar-refractivity contribution in [2.24, 2.45) is 11.8 Å². The first kappa shape index (κ1) is 22.2. The smallest absolute Gasteiger partial charge is 0.160 e. The van der Waals surface area contributed by atoms with Crippen LogP contribution in [0.3, 0.4) is 0 Å². The summed E-state index contributed by atoms with van der Waals surface area (Å²) in [4.78, 5) is 0. The van der Waals surface area contributed by atoms with Crippen molar-refractivity contribution in [3.8, 4) is 11.8 Å². The molecule has 0 aliphatic heterocycles. The molecule has 1 aliphatic rings. The molecule has 30 heavy (non-hydrogen) atoms. The molecule has 1 saturated carbocycles. The van der Waals surface area contributed by atoms with E-state index in [4.69, 9.17) is 0 Å². The Morgan fingerprint density at radius 3 is 2.03 bits per heavy atom. The fourth-order valence-electron chi connectivity index (χ4n) is 4.13. The lowest BCUT2D eigenvalue weighted by molar-refractivity contribution is 0.254. The number of hydrogen-bond acceptors (Lipinski definition) is 0. The van der Waals surface area contributed by atoms with E-state index in [0.29, 0.717) is 17.9 Å². The molecule has 1 fully saturated rings. The standard InChI is InChI=1S/C26H26F4/c1-2-3-4-18-5-7-19(8-6-18)9-10-21-16-24(28)22(25(29)17-21)13-11-20-12-14-23(27)26(30)15-20/h2,12,14-19H,1,3-10H2. The number of hydrogen-bond donors (Lipinski definition) is 0. The van der Waals surface area contributed by atoms with Crippen LogP contribution in [0.4, 0.5) is 17.6 Å². The highest BCUT2D eigenvalue weighted by Gasteiger charge is 2.21. The summed E-state index contributed by atoms with van der Waals surface area (Å²) in [6, 6.07) is 5.75. The Balaban J connectivity index is 1.59. The second-order valence-corrected chi connectivity index (χ2v) is 8.10. The van der Waals surface area contributed by atoms with Gasteiger partial charge in [-0.3, -0.25) is 0 Å². The van der Waals surface area contributed by atoms with Crippen LogP contribution >= 0.6 is 0 Å². The molecule has 0 saturated heterocycles. The van der Waals surface area contributed by atoms with Gasteiger partial charge in [-0.15, -0.1) is 6.58 Å². The first-order valence-corrected chi connectivity index (χ1v) is 10.5. The molecule has 0 aromatic heterocycles. The first-order chi connectivity index (χ1) is 14.5. The van der Waals surface area contributed by atoms with Crippen LogP contribution in [0.15, 0.2) is 43.0 Å². The summed E-state index contributed by atoms with van der Waals surface area (Å²) in [5.74, 6) is 2.77. The zero-order valence-corrected chi connectivity index (χ0v) is 17.0. The number of halogens is 4. The lowest BCUT2D eigenvalue weighted by atomic mass is 9.78. The Morgan fingerprint density at radius 2 is 1.43 bits per heavy atom. The van der Waals surface area contributed by atoms with Gasteiger partial charge in [-0.25, -0.2) is 17.6 Å². The average Bonchev–Trinajstić information content (AvgIpc) is 2.73. The van der Waals surface area contributed by atoms with Gasteiger partial charge in [0.2, 0.25) is 0 Å². The third-order valence-corrected chi connectivity index (χ3v) is 5.94. The Labute approximate surface area is 176 Å². The molecule has 0 N–H and O–H groups in total. The molecule has 1 aliphatic carbocycles. The second kappa shape index (κ2) is 10.5. The molecule has 0 spiro atoms. The predicted octanol–water partition coefficient (Wildman–Crippen LogP) is 7.35. The predicted molar refractivity (Wildman–Crippen MR) is 112 cm³/mol. The summed E-state index contributed by atoms with van der Waals surface area (Å²) in [5.41, 5.74) is 0.420. The molecular formula is C26H26F4. The Hall–Kier alpha value is -2.54. The minimum absolute atomic E-state index is 0.153. The van der Waals surface area contributed by atoms with Crippen LogP contribution in [0.5, 0.6) is 0 Å². The van der Waals surface area contributed by atoms with Gasteiger partial charge in [-0.1, -0.05) is 43.6 Å². The van der Waals surface area contributed by atoms with Crippen molar-refractivity contribution in [2.75, 3.05) is 0 Å². The van der Waals surface area contributed by atoms with E-state index in [1.807, 2.05) is 6.08 Å². The van der Waals surface area contributed by atoms with Gasteiger partial charge in [0.1, 0.15) is 11.6 Å². The van der Waals surface area contributed by atoms with Crippen LogP contribution in [0.2, 0.25) is 0 Å². The van der Waals surface area contributed by atoms with E-state index < -0.39 is 23.3 Å². The van der Waals surface area contributed by atoms with E-state index in [9.17, 15) is 17.6 Å². The van der Waals surface area contributed by atoms with Crippen molar-refractivity contribution in [3.05, 3.63) is 82.9 Å². The van der Waals surface area contributed by atoms with E-state index in [1.165, 1.54) is 50.3 Å². The molecule has 0 amide bonds. The zero-order valence-electron chi connectivity index (χ0n) is 17.0. The van der Waals surface area contributed by atoms with E-state index in [0.717, 1.165) is 30.9 Å². The first-order valence-electron chi connectivity index (χ1n) is 10.5. The molecule has 0 unspecified atom stereocenters. The summed E-state index contributed by atoms with van der Waals surface area (Å²) in [5, 5.41) is 0. The SMILES string of the molecule is C=CCCC1CCC(CCc2cc(F)c(C#Cc3ccc(F)c(F)c3)c(F)c2)CC1. The monoisotopic (exact) mass is 414 g/mol. The molecule has 2 aromatic carbocycles. The summed E-state index contributed by atoms with van der Waals surface area (Å²) in [6.07, 6.45) is 10.6. The van der Waals surface area contributed by atoms with Crippen molar-refractivity contribution in [1.29, 1.82) is 0 Å². The van der Waals surface area contributed by atoms with Gasteiger partial charge in [0, 0.05) is 5.56 Å². The highest BCUT2D eigenvalue weighted by Crippen LogP contribution is 2.34. The van der Waals surface area contributed by atoms with E-state index in [2.05, 4.69) is 18.4 Å². The molecule has 0 heterocycles. The van der Waals surface area contributed by atoms with Crippen LogP contribution < -0.4 is 0 Å². The molecule has 4 heteroatoms. The van der Waals surface area contributed by atoms with Crippen molar-refractivity contribution in [1.82, 2.24) is 0 Å². The molecule has 0 radical (unpaired) electrons. The topological polar surface area (TPSA) is 0 Å². The number of rotatable bonds is 6. The highest BCUT2D eigenvalue weighted by molar-refractivity contribution is 5.45.